The maximum Gasteiger partial charge on any atom is 0.416 e. The molecule has 0 aliphatic carbocycles. The van der Waals surface area contributed by atoms with E-state index >= 15 is 0 Å². The average molecular weight is 432 g/mol. The van der Waals surface area contributed by atoms with Crippen LogP contribution in [-0.4, -0.2) is 53.3 Å². The third kappa shape index (κ3) is 3.58. The van der Waals surface area contributed by atoms with E-state index in [1.54, 1.807) is 17.6 Å². The van der Waals surface area contributed by atoms with E-state index < -0.39 is 37.1 Å². The van der Waals surface area contributed by atoms with Gasteiger partial charge in [0.2, 0.25) is 5.91 Å². The van der Waals surface area contributed by atoms with Crippen LogP contribution >= 0.6 is 0 Å². The van der Waals surface area contributed by atoms with Gasteiger partial charge in [0.1, 0.15) is 42.9 Å². The number of hydrogen-bond acceptors (Lipinski definition) is 7. The van der Waals surface area contributed by atoms with Crippen molar-refractivity contribution in [2.45, 2.75) is 32.0 Å². The Morgan fingerprint density at radius 1 is 1.42 bits per heavy atom. The molecule has 1 fully saturated rings. The summed E-state index contributed by atoms with van der Waals surface area (Å²) >= 11 is 0. The first-order chi connectivity index (χ1) is 14.8. The number of nitrogens with two attached hydrogens (primary N) is 1. The van der Waals surface area contributed by atoms with E-state index in [9.17, 15) is 23.6 Å². The number of fused-ring (bicyclic) bond motifs is 3. The molecule has 4 rings (SSSR count). The van der Waals surface area contributed by atoms with Crippen molar-refractivity contribution in [1.82, 2.24) is 9.55 Å². The Kier molecular flexibility index (Phi) is 5.10. The number of halogens is 2. The first kappa shape index (κ1) is 20.4. The highest BCUT2D eigenvalue weighted by Gasteiger charge is 2.42. The molecule has 0 radical (unpaired) electrons. The average Bonchev–Trinajstić information content (AvgIpc) is 3.27. The topological polar surface area (TPSA) is 136 Å². The van der Waals surface area contributed by atoms with Gasteiger partial charge in [-0.3, -0.25) is 4.79 Å². The van der Waals surface area contributed by atoms with Gasteiger partial charge in [0.05, 0.1) is 23.4 Å². The van der Waals surface area contributed by atoms with Crippen LogP contribution in [-0.2, 0) is 16.1 Å². The molecule has 1 aromatic heterocycles. The summed E-state index contributed by atoms with van der Waals surface area (Å²) in [6.45, 7) is 1.70. The number of primary amides is 1. The minimum absolute atomic E-state index is 0.0266. The summed E-state index contributed by atoms with van der Waals surface area (Å²) < 4.78 is 38.9. The number of amides is 2. The SMILES string of the molecule is C[C@H](Nc1cc2c(cc1C#N)-c1nc(N3C(=O)OCC3C(F)F)cn1CCO2)C(N)=O. The number of aromatic nitrogens is 2. The molecule has 2 aliphatic heterocycles. The number of carbonyl (C=O) groups is 2. The van der Waals surface area contributed by atoms with Crippen molar-refractivity contribution in [3.05, 3.63) is 23.9 Å². The third-order valence-electron chi connectivity index (χ3n) is 5.08. The summed E-state index contributed by atoms with van der Waals surface area (Å²) in [5.41, 5.74) is 6.29. The predicted octanol–water partition coefficient (Wildman–Crippen LogP) is 1.69. The molecule has 12 heteroatoms. The Morgan fingerprint density at radius 3 is 2.87 bits per heavy atom. The summed E-state index contributed by atoms with van der Waals surface area (Å²) in [5.74, 6) is 0.162. The molecule has 3 heterocycles. The Labute approximate surface area is 175 Å². The molecule has 0 bridgehead atoms. The minimum Gasteiger partial charge on any atom is -0.491 e. The number of alkyl halides is 2. The lowest BCUT2D eigenvalue weighted by atomic mass is 10.1. The quantitative estimate of drug-likeness (QED) is 0.734. The van der Waals surface area contributed by atoms with Gasteiger partial charge in [-0.15, -0.1) is 0 Å². The van der Waals surface area contributed by atoms with E-state index in [0.717, 1.165) is 4.90 Å². The van der Waals surface area contributed by atoms with Gasteiger partial charge >= 0.3 is 6.09 Å². The number of benzene rings is 1. The van der Waals surface area contributed by atoms with Gasteiger partial charge < -0.3 is 25.1 Å². The number of imidazole rings is 1. The second-order valence-corrected chi connectivity index (χ2v) is 7.09. The van der Waals surface area contributed by atoms with Crippen molar-refractivity contribution in [2.75, 3.05) is 23.4 Å². The number of nitrogens with one attached hydrogen (secondary N) is 1. The number of nitrogens with zero attached hydrogens (tertiary/aromatic N) is 4. The molecular formula is C19H18F2N6O4. The van der Waals surface area contributed by atoms with Crippen molar-refractivity contribution in [2.24, 2.45) is 5.73 Å². The predicted molar refractivity (Wildman–Crippen MR) is 104 cm³/mol. The molecule has 162 valence electrons. The number of carbonyl (C=O) groups excluding carboxylic acids is 2. The van der Waals surface area contributed by atoms with Gasteiger partial charge in [-0.2, -0.15) is 5.26 Å². The molecule has 31 heavy (non-hydrogen) atoms. The van der Waals surface area contributed by atoms with Crippen LogP contribution in [0.5, 0.6) is 5.75 Å². The van der Waals surface area contributed by atoms with Crippen LogP contribution in [0.1, 0.15) is 12.5 Å². The van der Waals surface area contributed by atoms with E-state index in [2.05, 4.69) is 10.3 Å². The molecule has 1 unspecified atom stereocenters. The highest BCUT2D eigenvalue weighted by Crippen LogP contribution is 2.38. The fourth-order valence-electron chi connectivity index (χ4n) is 3.43. The first-order valence-electron chi connectivity index (χ1n) is 9.38. The van der Waals surface area contributed by atoms with Crippen LogP contribution in [0.15, 0.2) is 18.3 Å². The number of nitriles is 1. The lowest BCUT2D eigenvalue weighted by molar-refractivity contribution is -0.118. The largest absolute Gasteiger partial charge is 0.491 e. The van der Waals surface area contributed by atoms with E-state index in [-0.39, 0.29) is 18.0 Å². The van der Waals surface area contributed by atoms with Crippen molar-refractivity contribution in [3.8, 4) is 23.2 Å². The fourth-order valence-corrected chi connectivity index (χ4v) is 3.43. The van der Waals surface area contributed by atoms with Crippen molar-refractivity contribution in [1.29, 1.82) is 5.26 Å². The molecule has 2 aliphatic rings. The summed E-state index contributed by atoms with van der Waals surface area (Å²) in [5, 5.41) is 12.4. The first-order valence-corrected chi connectivity index (χ1v) is 9.38. The van der Waals surface area contributed by atoms with Gasteiger partial charge in [-0.25, -0.2) is 23.5 Å². The summed E-state index contributed by atoms with van der Waals surface area (Å²) in [4.78, 5) is 28.6. The molecule has 0 saturated carbocycles. The van der Waals surface area contributed by atoms with Crippen LogP contribution in [0.4, 0.5) is 25.1 Å². The summed E-state index contributed by atoms with van der Waals surface area (Å²) in [6.07, 6.45) is -2.22. The molecule has 2 aromatic rings. The molecule has 10 nitrogen and oxygen atoms in total. The molecular weight excluding hydrogens is 414 g/mol. The number of ether oxygens (including phenoxy) is 2. The normalized spacial score (nSPS) is 18.4. The number of hydrogen-bond donors (Lipinski definition) is 2. The molecule has 1 saturated heterocycles. The van der Waals surface area contributed by atoms with Crippen LogP contribution in [0, 0.1) is 11.3 Å². The van der Waals surface area contributed by atoms with Gasteiger partial charge in [0.15, 0.2) is 5.82 Å². The molecule has 1 aromatic carbocycles. The number of rotatable bonds is 5. The Hall–Kier alpha value is -3.88. The highest BCUT2D eigenvalue weighted by molar-refractivity contribution is 5.90. The monoisotopic (exact) mass is 432 g/mol. The van der Waals surface area contributed by atoms with Crippen LogP contribution in [0.25, 0.3) is 11.4 Å². The van der Waals surface area contributed by atoms with E-state index in [1.165, 1.54) is 12.3 Å². The van der Waals surface area contributed by atoms with Crippen molar-refractivity contribution >= 4 is 23.5 Å². The zero-order valence-corrected chi connectivity index (χ0v) is 16.3. The number of cyclic esters (lactones) is 1. The third-order valence-corrected chi connectivity index (χ3v) is 5.08. The molecule has 3 N–H and O–H groups in total. The van der Waals surface area contributed by atoms with Crippen molar-refractivity contribution in [3.63, 3.8) is 0 Å². The Bertz CT molecular complexity index is 1100. The molecule has 2 atom stereocenters. The van der Waals surface area contributed by atoms with Crippen LogP contribution in [0.3, 0.4) is 0 Å². The minimum atomic E-state index is -2.80. The molecule has 0 spiro atoms. The summed E-state index contributed by atoms with van der Waals surface area (Å²) in [7, 11) is 0. The van der Waals surface area contributed by atoms with Gasteiger partial charge in [-0.05, 0) is 13.0 Å². The second-order valence-electron chi connectivity index (χ2n) is 7.09. The van der Waals surface area contributed by atoms with Gasteiger partial charge in [0.25, 0.3) is 6.43 Å². The van der Waals surface area contributed by atoms with Gasteiger partial charge in [-0.1, -0.05) is 0 Å². The Morgan fingerprint density at radius 2 is 2.19 bits per heavy atom. The van der Waals surface area contributed by atoms with Crippen molar-refractivity contribution < 1.29 is 27.8 Å². The van der Waals surface area contributed by atoms with E-state index in [0.29, 0.717) is 29.4 Å². The second kappa shape index (κ2) is 7.75. The Balaban J connectivity index is 1.77. The maximum absolute atomic E-state index is 13.3. The zero-order chi connectivity index (χ0) is 22.3. The van der Waals surface area contributed by atoms with E-state index in [1.807, 2.05) is 6.07 Å². The van der Waals surface area contributed by atoms with Crippen LogP contribution in [0.2, 0.25) is 0 Å². The maximum atomic E-state index is 13.3. The van der Waals surface area contributed by atoms with E-state index in [4.69, 9.17) is 15.2 Å². The lowest BCUT2D eigenvalue weighted by Crippen LogP contribution is -2.38. The standard InChI is InChI=1S/C19H18F2N6O4/c1-9(17(23)28)24-12-5-14-11(4-10(12)6-22)18-25-15(7-26(18)2-3-30-14)27-13(16(20)21)8-31-19(27)29/h4-5,7,9,13,16,24H,2-3,8H2,1H3,(H2,23,28)/t9-,13?/m0/s1. The number of anilines is 2. The highest BCUT2D eigenvalue weighted by atomic mass is 19.3. The lowest BCUT2D eigenvalue weighted by Gasteiger charge is -2.18. The van der Waals surface area contributed by atoms with Crippen LogP contribution < -0.4 is 20.7 Å². The molecule has 2 amide bonds. The zero-order valence-electron chi connectivity index (χ0n) is 16.3. The summed E-state index contributed by atoms with van der Waals surface area (Å²) in [6, 6.07) is 2.96. The fraction of sp³-hybridized carbons (Fsp3) is 0.368. The smallest absolute Gasteiger partial charge is 0.416 e. The van der Waals surface area contributed by atoms with Gasteiger partial charge in [0, 0.05) is 12.3 Å².